The number of hydrogen-bond donors (Lipinski definition) is 3. The SMILES string of the molecule is CN=C(NCCNc1ccccc1[N+](=O)[O-])NC1CCN(c2ccccc2OC)C1.I. The van der Waals surface area contributed by atoms with Crippen LogP contribution in [0.4, 0.5) is 17.1 Å². The van der Waals surface area contributed by atoms with E-state index in [2.05, 4.69) is 31.9 Å². The molecule has 0 spiro atoms. The third-order valence-corrected chi connectivity index (χ3v) is 5.01. The number of nitrogens with zero attached hydrogens (tertiary/aromatic N) is 3. The van der Waals surface area contributed by atoms with Crippen molar-refractivity contribution in [3.05, 3.63) is 58.6 Å². The van der Waals surface area contributed by atoms with E-state index < -0.39 is 0 Å². The van der Waals surface area contributed by atoms with Crippen LogP contribution in [0.2, 0.25) is 0 Å². The summed E-state index contributed by atoms with van der Waals surface area (Å²) in [4.78, 5) is 17.3. The molecule has 0 aromatic heterocycles. The summed E-state index contributed by atoms with van der Waals surface area (Å²) in [5.74, 6) is 1.59. The lowest BCUT2D eigenvalue weighted by molar-refractivity contribution is -0.384. The predicted octanol–water partition coefficient (Wildman–Crippen LogP) is 3.08. The molecular weight excluding hydrogens is 511 g/mol. The van der Waals surface area contributed by atoms with Gasteiger partial charge < -0.3 is 25.6 Å². The molecule has 1 heterocycles. The average molecular weight is 540 g/mol. The molecule has 3 rings (SSSR count). The zero-order valence-electron chi connectivity index (χ0n) is 17.7. The Morgan fingerprint density at radius 1 is 1.23 bits per heavy atom. The number of methoxy groups -OCH3 is 1. The van der Waals surface area contributed by atoms with Gasteiger partial charge in [-0.2, -0.15) is 0 Å². The van der Waals surface area contributed by atoms with Crippen LogP contribution in [0.15, 0.2) is 53.5 Å². The summed E-state index contributed by atoms with van der Waals surface area (Å²) >= 11 is 0. The van der Waals surface area contributed by atoms with Crippen LogP contribution in [-0.4, -0.2) is 57.3 Å². The third kappa shape index (κ3) is 6.61. The lowest BCUT2D eigenvalue weighted by Crippen LogP contribution is -2.45. The molecule has 0 aliphatic carbocycles. The van der Waals surface area contributed by atoms with E-state index in [-0.39, 0.29) is 40.6 Å². The van der Waals surface area contributed by atoms with E-state index in [0.29, 0.717) is 24.7 Å². The van der Waals surface area contributed by atoms with E-state index in [1.165, 1.54) is 6.07 Å². The molecule has 1 aliphatic heterocycles. The van der Waals surface area contributed by atoms with Gasteiger partial charge in [0, 0.05) is 45.3 Å². The number of aliphatic imine (C=N–C) groups is 1. The molecule has 0 radical (unpaired) electrons. The number of ether oxygens (including phenoxy) is 1. The Labute approximate surface area is 199 Å². The van der Waals surface area contributed by atoms with Crippen molar-refractivity contribution < 1.29 is 9.66 Å². The number of para-hydroxylation sites is 4. The van der Waals surface area contributed by atoms with E-state index in [4.69, 9.17) is 4.74 Å². The number of rotatable bonds is 8. The zero-order chi connectivity index (χ0) is 21.3. The summed E-state index contributed by atoms with van der Waals surface area (Å²) in [5.41, 5.74) is 1.68. The summed E-state index contributed by atoms with van der Waals surface area (Å²) in [5, 5.41) is 20.9. The van der Waals surface area contributed by atoms with Gasteiger partial charge in [-0.1, -0.05) is 24.3 Å². The largest absolute Gasteiger partial charge is 0.495 e. The fourth-order valence-electron chi connectivity index (χ4n) is 3.54. The molecule has 31 heavy (non-hydrogen) atoms. The highest BCUT2D eigenvalue weighted by Crippen LogP contribution is 2.30. The highest BCUT2D eigenvalue weighted by Gasteiger charge is 2.25. The quantitative estimate of drug-likeness (QED) is 0.118. The van der Waals surface area contributed by atoms with Crippen molar-refractivity contribution in [2.45, 2.75) is 12.5 Å². The smallest absolute Gasteiger partial charge is 0.292 e. The van der Waals surface area contributed by atoms with E-state index in [9.17, 15) is 10.1 Å². The monoisotopic (exact) mass is 540 g/mol. The van der Waals surface area contributed by atoms with Crippen molar-refractivity contribution in [1.82, 2.24) is 10.6 Å². The first-order chi connectivity index (χ1) is 14.6. The molecule has 0 amide bonds. The molecule has 0 bridgehead atoms. The Kier molecular flexibility index (Phi) is 9.63. The molecular formula is C21H29IN6O3. The van der Waals surface area contributed by atoms with Crippen LogP contribution in [0.25, 0.3) is 0 Å². The standard InChI is InChI=1S/C21H28N6O3.HI/c1-22-21(24-13-12-23-17-7-3-4-8-18(17)27(28)29)25-16-11-14-26(15-16)19-9-5-6-10-20(19)30-2;/h3-10,16,23H,11-15H2,1-2H3,(H2,22,24,25);1H. The van der Waals surface area contributed by atoms with Crippen molar-refractivity contribution in [2.24, 2.45) is 4.99 Å². The first kappa shape index (κ1) is 24.5. The molecule has 9 nitrogen and oxygen atoms in total. The molecule has 1 saturated heterocycles. The summed E-state index contributed by atoms with van der Waals surface area (Å²) in [6.45, 7) is 2.90. The van der Waals surface area contributed by atoms with Crippen molar-refractivity contribution in [1.29, 1.82) is 0 Å². The maximum Gasteiger partial charge on any atom is 0.292 e. The number of nitro benzene ring substituents is 1. The number of hydrogen-bond acceptors (Lipinski definition) is 6. The molecule has 1 unspecified atom stereocenters. The first-order valence-corrected chi connectivity index (χ1v) is 9.94. The molecule has 2 aromatic rings. The number of halogens is 1. The van der Waals surface area contributed by atoms with Crippen LogP contribution < -0.4 is 25.6 Å². The van der Waals surface area contributed by atoms with Crippen LogP contribution in [0.5, 0.6) is 5.75 Å². The summed E-state index contributed by atoms with van der Waals surface area (Å²) < 4.78 is 5.47. The van der Waals surface area contributed by atoms with Crippen LogP contribution in [-0.2, 0) is 0 Å². The fourth-order valence-corrected chi connectivity index (χ4v) is 3.54. The Hall–Kier alpha value is -2.76. The highest BCUT2D eigenvalue weighted by atomic mass is 127. The Balaban J connectivity index is 0.00000341. The molecule has 1 aliphatic rings. The highest BCUT2D eigenvalue weighted by molar-refractivity contribution is 14.0. The number of benzene rings is 2. The Morgan fingerprint density at radius 2 is 1.97 bits per heavy atom. The Bertz CT molecular complexity index is 895. The van der Waals surface area contributed by atoms with Gasteiger partial charge in [-0.05, 0) is 24.6 Å². The van der Waals surface area contributed by atoms with Crippen LogP contribution in [0, 0.1) is 10.1 Å². The topological polar surface area (TPSA) is 104 Å². The number of nitro groups is 1. The number of guanidine groups is 1. The van der Waals surface area contributed by atoms with E-state index in [1.807, 2.05) is 18.2 Å². The second-order valence-electron chi connectivity index (χ2n) is 6.95. The molecule has 0 saturated carbocycles. The van der Waals surface area contributed by atoms with E-state index in [1.54, 1.807) is 32.4 Å². The Morgan fingerprint density at radius 3 is 2.71 bits per heavy atom. The van der Waals surface area contributed by atoms with Gasteiger partial charge in [0.15, 0.2) is 5.96 Å². The molecule has 1 atom stereocenters. The number of anilines is 2. The fraction of sp³-hybridized carbons (Fsp3) is 0.381. The third-order valence-electron chi connectivity index (χ3n) is 5.01. The second-order valence-corrected chi connectivity index (χ2v) is 6.95. The van der Waals surface area contributed by atoms with Crippen LogP contribution >= 0.6 is 24.0 Å². The van der Waals surface area contributed by atoms with Crippen molar-refractivity contribution in [3.63, 3.8) is 0 Å². The zero-order valence-corrected chi connectivity index (χ0v) is 20.0. The van der Waals surface area contributed by atoms with Gasteiger partial charge in [0.25, 0.3) is 5.69 Å². The minimum absolute atomic E-state index is 0. The maximum absolute atomic E-state index is 11.1. The molecule has 10 heteroatoms. The van der Waals surface area contributed by atoms with Gasteiger partial charge in [0.1, 0.15) is 11.4 Å². The van der Waals surface area contributed by atoms with E-state index >= 15 is 0 Å². The van der Waals surface area contributed by atoms with E-state index in [0.717, 1.165) is 30.9 Å². The average Bonchev–Trinajstić information content (AvgIpc) is 3.24. The summed E-state index contributed by atoms with van der Waals surface area (Å²) in [6, 6.07) is 14.9. The summed E-state index contributed by atoms with van der Waals surface area (Å²) in [6.07, 6.45) is 0.993. The maximum atomic E-state index is 11.1. The minimum atomic E-state index is -0.385. The van der Waals surface area contributed by atoms with Crippen molar-refractivity contribution in [3.8, 4) is 5.75 Å². The molecule has 2 aromatic carbocycles. The minimum Gasteiger partial charge on any atom is -0.495 e. The van der Waals surface area contributed by atoms with Crippen LogP contribution in [0.3, 0.4) is 0 Å². The van der Waals surface area contributed by atoms with Gasteiger partial charge in [0.05, 0.1) is 17.7 Å². The lowest BCUT2D eigenvalue weighted by atomic mass is 10.2. The van der Waals surface area contributed by atoms with Gasteiger partial charge >= 0.3 is 0 Å². The van der Waals surface area contributed by atoms with Crippen LogP contribution in [0.1, 0.15) is 6.42 Å². The van der Waals surface area contributed by atoms with Gasteiger partial charge in [-0.15, -0.1) is 24.0 Å². The van der Waals surface area contributed by atoms with Gasteiger partial charge in [0.2, 0.25) is 0 Å². The van der Waals surface area contributed by atoms with Crippen molar-refractivity contribution >= 4 is 47.0 Å². The lowest BCUT2D eigenvalue weighted by Gasteiger charge is -2.22. The van der Waals surface area contributed by atoms with Gasteiger partial charge in [-0.3, -0.25) is 15.1 Å². The van der Waals surface area contributed by atoms with Gasteiger partial charge in [-0.25, -0.2) is 0 Å². The van der Waals surface area contributed by atoms with Crippen molar-refractivity contribution in [2.75, 3.05) is 50.6 Å². The second kappa shape index (κ2) is 12.2. The molecule has 168 valence electrons. The molecule has 1 fully saturated rings. The number of nitrogens with one attached hydrogen (secondary N) is 3. The first-order valence-electron chi connectivity index (χ1n) is 9.94. The normalized spacial score (nSPS) is 15.7. The predicted molar refractivity (Wildman–Crippen MR) is 135 cm³/mol. The molecule has 3 N–H and O–H groups in total. The summed E-state index contributed by atoms with van der Waals surface area (Å²) in [7, 11) is 3.42.